The Balaban J connectivity index is 1.31. The molecule has 3 heterocycles. The third-order valence-corrected chi connectivity index (χ3v) is 8.45. The molecule has 11 N–H and O–H groups in total. The van der Waals surface area contributed by atoms with E-state index in [1.165, 1.54) is 12.1 Å². The van der Waals surface area contributed by atoms with Crippen LogP contribution >= 0.6 is 0 Å². The van der Waals surface area contributed by atoms with Crippen molar-refractivity contribution in [1.82, 2.24) is 14.9 Å². The Morgan fingerprint density at radius 3 is 2.18 bits per heavy atom. The maximum Gasteiger partial charge on any atom is 0.338 e. The summed E-state index contributed by atoms with van der Waals surface area (Å²) in [7, 11) is 0. The molecule has 0 bridgehead atoms. The van der Waals surface area contributed by atoms with Gasteiger partial charge < -0.3 is 61.3 Å². The number of hydrogen-bond donors (Lipinski definition) is 9. The van der Waals surface area contributed by atoms with E-state index >= 15 is 0 Å². The number of H-pyrrole nitrogens is 1. The number of aromatic amines is 1. The molecule has 0 aliphatic carbocycles. The molecule has 2 saturated heterocycles. The van der Waals surface area contributed by atoms with Crippen LogP contribution in [0.25, 0.3) is 11.1 Å². The number of aliphatic carboxylic acids is 1. The first kappa shape index (κ1) is 37.4. The highest BCUT2D eigenvalue weighted by atomic mass is 16.7. The fourth-order valence-electron chi connectivity index (χ4n) is 5.62. The van der Waals surface area contributed by atoms with E-state index in [0.717, 1.165) is 28.0 Å². The molecule has 2 aliphatic heterocycles. The Labute approximate surface area is 287 Å². The number of ether oxygens (including phenoxy) is 4. The third-order valence-electron chi connectivity index (χ3n) is 8.45. The van der Waals surface area contributed by atoms with Crippen LogP contribution in [0.5, 0.6) is 0 Å². The van der Waals surface area contributed by atoms with Gasteiger partial charge in [0.2, 0.25) is 5.91 Å². The van der Waals surface area contributed by atoms with E-state index in [1.54, 1.807) is 12.1 Å². The third kappa shape index (κ3) is 8.22. The fourth-order valence-corrected chi connectivity index (χ4v) is 5.62. The van der Waals surface area contributed by atoms with Crippen molar-refractivity contribution in [2.75, 3.05) is 13.2 Å². The lowest BCUT2D eigenvalue weighted by molar-refractivity contribution is -0.224. The normalized spacial score (nSPS) is 27.7. The maximum absolute atomic E-state index is 13.4. The van der Waals surface area contributed by atoms with Crippen molar-refractivity contribution in [3.8, 4) is 11.1 Å². The van der Waals surface area contributed by atoms with Crippen LogP contribution in [-0.4, -0.2) is 127 Å². The number of esters is 1. The number of nitrogens with one attached hydrogen (secondary N) is 2. The Hall–Kier alpha value is -4.83. The number of aliphatic hydroxyl groups is 4. The van der Waals surface area contributed by atoms with Crippen molar-refractivity contribution in [3.05, 3.63) is 93.3 Å². The van der Waals surface area contributed by atoms with Gasteiger partial charge in [-0.2, -0.15) is 0 Å². The van der Waals surface area contributed by atoms with Gasteiger partial charge in [-0.3, -0.25) is 19.1 Å². The van der Waals surface area contributed by atoms with Crippen molar-refractivity contribution < 1.29 is 58.9 Å². The zero-order valence-corrected chi connectivity index (χ0v) is 26.6. The Morgan fingerprint density at radius 2 is 1.57 bits per heavy atom. The molecule has 51 heavy (non-hydrogen) atoms. The monoisotopic (exact) mass is 715 g/mol. The molecule has 19 heteroatoms. The van der Waals surface area contributed by atoms with Gasteiger partial charge in [-0.05, 0) is 23.3 Å². The summed E-state index contributed by atoms with van der Waals surface area (Å²) in [6.45, 7) is -1.10. The molecule has 0 spiro atoms. The molecule has 1 aromatic heterocycles. The highest BCUT2D eigenvalue weighted by molar-refractivity contribution is 5.91. The smallest absolute Gasteiger partial charge is 0.338 e. The molecular weight excluding hydrogens is 678 g/mol. The highest BCUT2D eigenvalue weighted by Crippen LogP contribution is 2.34. The van der Waals surface area contributed by atoms with Crippen molar-refractivity contribution >= 4 is 17.8 Å². The van der Waals surface area contributed by atoms with Gasteiger partial charge in [0.15, 0.2) is 18.6 Å². The van der Waals surface area contributed by atoms with E-state index in [4.69, 9.17) is 30.4 Å². The first-order valence-electron chi connectivity index (χ1n) is 15.6. The summed E-state index contributed by atoms with van der Waals surface area (Å²) in [6, 6.07) is 12.8. The van der Waals surface area contributed by atoms with Gasteiger partial charge in [0.25, 0.3) is 5.56 Å². The number of benzene rings is 2. The van der Waals surface area contributed by atoms with Crippen LogP contribution in [0.2, 0.25) is 0 Å². The number of carbonyl (C=O) groups is 3. The second-order valence-electron chi connectivity index (χ2n) is 11.8. The van der Waals surface area contributed by atoms with Crippen LogP contribution in [0.4, 0.5) is 0 Å². The number of amides is 1. The zero-order chi connectivity index (χ0) is 37.0. The average molecular weight is 716 g/mol. The van der Waals surface area contributed by atoms with Gasteiger partial charge >= 0.3 is 17.6 Å². The summed E-state index contributed by atoms with van der Waals surface area (Å²) in [6.07, 6.45) is -14.2. The number of rotatable bonds is 13. The van der Waals surface area contributed by atoms with Gasteiger partial charge in [0.1, 0.15) is 55.4 Å². The number of aromatic nitrogens is 2. The predicted octanol–water partition coefficient (Wildman–Crippen LogP) is -3.63. The quantitative estimate of drug-likeness (QED) is 0.0771. The van der Waals surface area contributed by atoms with Gasteiger partial charge in [0, 0.05) is 18.8 Å². The summed E-state index contributed by atoms with van der Waals surface area (Å²) in [5.74, 6) is -3.75. The van der Waals surface area contributed by atoms with E-state index in [2.05, 4.69) is 5.32 Å². The van der Waals surface area contributed by atoms with Gasteiger partial charge in [-0.15, -0.1) is 0 Å². The highest BCUT2D eigenvalue weighted by Gasteiger charge is 2.53. The lowest BCUT2D eigenvalue weighted by Gasteiger charge is -2.33. The van der Waals surface area contributed by atoms with Crippen LogP contribution in [0.15, 0.2) is 76.4 Å². The molecule has 2 fully saturated rings. The number of carboxylic acids is 1. The summed E-state index contributed by atoms with van der Waals surface area (Å²) in [5.41, 5.74) is 11.8. The van der Waals surface area contributed by atoms with E-state index in [0.29, 0.717) is 0 Å². The topological polar surface area (TPSA) is 308 Å². The molecule has 0 saturated carbocycles. The molecule has 5 rings (SSSR count). The average Bonchev–Trinajstić information content (AvgIpc) is 3.57. The minimum Gasteiger partial charge on any atom is -0.480 e. The second kappa shape index (κ2) is 16.0. The summed E-state index contributed by atoms with van der Waals surface area (Å²) >= 11 is 0. The van der Waals surface area contributed by atoms with Crippen molar-refractivity contribution in [1.29, 1.82) is 0 Å². The first-order valence-corrected chi connectivity index (χ1v) is 15.6. The molecule has 0 unspecified atom stereocenters. The second-order valence-corrected chi connectivity index (χ2v) is 11.8. The molecule has 19 nitrogen and oxygen atoms in total. The standard InChI is InChI=1S/C32H37N5O14/c33-12-18-21(39)24(42)31(49-18)51-25(26-22(40)23(41)28(50-26)37-11-10-19(38)36-32(37)47)20(34)27(43)35-17(29(44)45)13-48-30(46)16-8-6-15(7-9-16)14-4-2-1-3-5-14/h1-11,17-18,20-26,28,31,39-42H,12-13,33-34H2,(H,35,43)(H,44,45)(H,36,38,47)/t17-,18+,20-,21+,22-,23+,24+,25-,26-,28+,31-/m0/s1. The van der Waals surface area contributed by atoms with Crippen LogP contribution in [0.3, 0.4) is 0 Å². The molecule has 0 radical (unpaired) electrons. The Bertz CT molecular complexity index is 1800. The number of carboxylic acid groups (broad SMARTS) is 1. The van der Waals surface area contributed by atoms with E-state index < -0.39 is 103 Å². The van der Waals surface area contributed by atoms with Crippen molar-refractivity contribution in [2.45, 2.75) is 67.3 Å². The summed E-state index contributed by atoms with van der Waals surface area (Å²) in [4.78, 5) is 64.2. The Kier molecular flexibility index (Phi) is 11.8. The Morgan fingerprint density at radius 1 is 0.902 bits per heavy atom. The SMILES string of the molecule is NC[C@H]1O[C@@H](O[C@H]([C@H]2O[C@@H](n3ccc(=O)[nH]c3=O)[C@H](O)[C@@H]2O)[C@H](N)C(=O)N[C@@H](COC(=O)c2ccc(-c3ccccc3)cc2)C(=O)O)[C@H](O)[C@@H]1O. The van der Waals surface area contributed by atoms with Crippen molar-refractivity contribution in [3.63, 3.8) is 0 Å². The van der Waals surface area contributed by atoms with E-state index in [1.807, 2.05) is 35.3 Å². The minimum atomic E-state index is -1.96. The van der Waals surface area contributed by atoms with E-state index in [-0.39, 0.29) is 12.1 Å². The van der Waals surface area contributed by atoms with E-state index in [9.17, 15) is 49.5 Å². The number of hydrogen-bond acceptors (Lipinski definition) is 15. The maximum atomic E-state index is 13.4. The number of carbonyl (C=O) groups excluding carboxylic acids is 2. The van der Waals surface area contributed by atoms with Crippen LogP contribution < -0.4 is 28.0 Å². The molecule has 2 aromatic carbocycles. The molecule has 274 valence electrons. The van der Waals surface area contributed by atoms with Crippen molar-refractivity contribution in [2.24, 2.45) is 11.5 Å². The minimum absolute atomic E-state index is 0.102. The number of nitrogens with two attached hydrogens (primary N) is 2. The van der Waals surface area contributed by atoms with Crippen LogP contribution in [0.1, 0.15) is 16.6 Å². The summed E-state index contributed by atoms with van der Waals surface area (Å²) < 4.78 is 22.8. The van der Waals surface area contributed by atoms with Gasteiger partial charge in [-0.25, -0.2) is 14.4 Å². The fraction of sp³-hybridized carbons (Fsp3) is 0.406. The van der Waals surface area contributed by atoms with Gasteiger partial charge in [0.05, 0.1) is 5.56 Å². The summed E-state index contributed by atoms with van der Waals surface area (Å²) in [5, 5.41) is 54.5. The van der Waals surface area contributed by atoms with Crippen LogP contribution in [-0.2, 0) is 28.5 Å². The molecule has 3 aromatic rings. The largest absolute Gasteiger partial charge is 0.480 e. The van der Waals surface area contributed by atoms with Crippen LogP contribution in [0, 0.1) is 0 Å². The number of nitrogens with zero attached hydrogens (tertiary/aromatic N) is 1. The molecular formula is C32H37N5O14. The first-order chi connectivity index (χ1) is 24.3. The molecule has 11 atom stereocenters. The zero-order valence-electron chi connectivity index (χ0n) is 26.6. The predicted molar refractivity (Wildman–Crippen MR) is 172 cm³/mol. The number of aliphatic hydroxyl groups excluding tert-OH is 4. The lowest BCUT2D eigenvalue weighted by Crippen LogP contribution is -2.60. The molecule has 1 amide bonds. The molecule has 2 aliphatic rings. The van der Waals surface area contributed by atoms with Gasteiger partial charge in [-0.1, -0.05) is 42.5 Å². The lowest BCUT2D eigenvalue weighted by atomic mass is 9.98.